The molecule has 1 heterocycles. The molecule has 1 aromatic heterocycles. The van der Waals surface area contributed by atoms with E-state index in [9.17, 15) is 0 Å². The van der Waals surface area contributed by atoms with Gasteiger partial charge < -0.3 is 10.7 Å². The number of H-pyrrole nitrogens is 1. The van der Waals surface area contributed by atoms with Gasteiger partial charge in [0, 0.05) is 20.9 Å². The minimum atomic E-state index is 0.749. The molecular weight excluding hydrogens is 372 g/mol. The number of nitrogens with two attached hydrogens (primary N) is 1. The molecule has 0 fully saturated rings. The van der Waals surface area contributed by atoms with Crippen molar-refractivity contribution in [1.29, 1.82) is 0 Å². The Morgan fingerprint density at radius 3 is 2.44 bits per heavy atom. The molecule has 0 amide bonds. The smallest absolute Gasteiger partial charge is 0.0541 e. The van der Waals surface area contributed by atoms with Crippen molar-refractivity contribution in [3.8, 4) is 11.3 Å². The van der Waals surface area contributed by atoms with E-state index >= 15 is 0 Å². The lowest BCUT2D eigenvalue weighted by Gasteiger charge is -2.05. The Labute approximate surface area is 156 Å². The van der Waals surface area contributed by atoms with Crippen molar-refractivity contribution in [2.45, 2.75) is 19.3 Å². The minimum absolute atomic E-state index is 0.749. The Morgan fingerprint density at radius 2 is 1.64 bits per heavy atom. The fourth-order valence-electron chi connectivity index (χ4n) is 3.56. The van der Waals surface area contributed by atoms with E-state index in [1.165, 1.54) is 38.5 Å². The monoisotopic (exact) mass is 392 g/mol. The molecule has 0 saturated carbocycles. The van der Waals surface area contributed by atoms with E-state index < -0.39 is 0 Å². The van der Waals surface area contributed by atoms with E-state index in [2.05, 4.69) is 81.6 Å². The second kappa shape index (κ2) is 7.03. The summed E-state index contributed by atoms with van der Waals surface area (Å²) in [7, 11) is 0. The van der Waals surface area contributed by atoms with Gasteiger partial charge in [-0.2, -0.15) is 0 Å². The van der Waals surface area contributed by atoms with Crippen molar-refractivity contribution in [2.24, 2.45) is 5.73 Å². The van der Waals surface area contributed by atoms with Gasteiger partial charge in [-0.25, -0.2) is 0 Å². The van der Waals surface area contributed by atoms with Gasteiger partial charge in [-0.05, 0) is 54.5 Å². The number of aromatic nitrogens is 1. The van der Waals surface area contributed by atoms with Crippen LogP contribution in [0.3, 0.4) is 0 Å². The average Bonchev–Trinajstić information content (AvgIpc) is 3.02. The highest BCUT2D eigenvalue weighted by Gasteiger charge is 2.14. The van der Waals surface area contributed by atoms with Gasteiger partial charge >= 0.3 is 0 Å². The number of fused-ring (bicyclic) bond motifs is 3. The maximum Gasteiger partial charge on any atom is 0.0541 e. The molecule has 0 aliphatic rings. The van der Waals surface area contributed by atoms with Crippen LogP contribution in [0.5, 0.6) is 0 Å². The third kappa shape index (κ3) is 3.10. The van der Waals surface area contributed by atoms with Crippen LogP contribution < -0.4 is 5.73 Å². The predicted molar refractivity (Wildman–Crippen MR) is 111 cm³/mol. The van der Waals surface area contributed by atoms with Gasteiger partial charge in [0.2, 0.25) is 0 Å². The molecule has 3 heteroatoms. The first-order chi connectivity index (χ1) is 12.3. The third-order valence-corrected chi connectivity index (χ3v) is 5.35. The minimum Gasteiger partial charge on any atom is -0.354 e. The Balaban J connectivity index is 1.94. The standard InChI is InChI=1S/C22H21BrN2/c23-17-11-8-16(9-12-17)21-19(7-3-4-14-24)20-13-10-15-5-1-2-6-18(15)22(20)25-21/h1-2,5-6,8-13,25H,3-4,7,14,24H2. The highest BCUT2D eigenvalue weighted by Crippen LogP contribution is 2.35. The summed E-state index contributed by atoms with van der Waals surface area (Å²) in [5.74, 6) is 0. The van der Waals surface area contributed by atoms with Crippen LogP contribution >= 0.6 is 15.9 Å². The van der Waals surface area contributed by atoms with Gasteiger partial charge in [-0.3, -0.25) is 0 Å². The van der Waals surface area contributed by atoms with Crippen molar-refractivity contribution >= 4 is 37.6 Å². The molecule has 0 atom stereocenters. The molecule has 126 valence electrons. The van der Waals surface area contributed by atoms with E-state index in [-0.39, 0.29) is 0 Å². The number of hydrogen-bond acceptors (Lipinski definition) is 1. The lowest BCUT2D eigenvalue weighted by molar-refractivity contribution is 0.748. The highest BCUT2D eigenvalue weighted by molar-refractivity contribution is 9.10. The lowest BCUT2D eigenvalue weighted by Crippen LogP contribution is -1.99. The first-order valence-corrected chi connectivity index (χ1v) is 9.55. The normalized spacial score (nSPS) is 11.4. The molecule has 0 radical (unpaired) electrons. The number of unbranched alkanes of at least 4 members (excludes halogenated alkanes) is 1. The van der Waals surface area contributed by atoms with E-state index in [4.69, 9.17) is 5.73 Å². The van der Waals surface area contributed by atoms with Crippen LogP contribution in [-0.4, -0.2) is 11.5 Å². The van der Waals surface area contributed by atoms with E-state index in [1.807, 2.05) is 0 Å². The first-order valence-electron chi connectivity index (χ1n) is 8.76. The summed E-state index contributed by atoms with van der Waals surface area (Å²) in [5.41, 5.74) is 10.8. The van der Waals surface area contributed by atoms with E-state index in [0.29, 0.717) is 0 Å². The van der Waals surface area contributed by atoms with Crippen LogP contribution in [-0.2, 0) is 6.42 Å². The summed E-state index contributed by atoms with van der Waals surface area (Å²) in [6.45, 7) is 0.749. The molecule has 3 N–H and O–H groups in total. The molecule has 0 aliphatic heterocycles. The second-order valence-corrected chi connectivity index (χ2v) is 7.36. The van der Waals surface area contributed by atoms with Crippen molar-refractivity contribution < 1.29 is 0 Å². The Kier molecular flexibility index (Phi) is 4.60. The van der Waals surface area contributed by atoms with Crippen LogP contribution in [0.15, 0.2) is 65.1 Å². The van der Waals surface area contributed by atoms with Crippen molar-refractivity contribution in [3.05, 3.63) is 70.7 Å². The Bertz CT molecular complexity index is 1020. The highest BCUT2D eigenvalue weighted by atomic mass is 79.9. The number of aryl methyl sites for hydroxylation is 1. The summed E-state index contributed by atoms with van der Waals surface area (Å²) < 4.78 is 1.10. The molecule has 0 spiro atoms. The van der Waals surface area contributed by atoms with E-state index in [1.54, 1.807) is 0 Å². The zero-order valence-electron chi connectivity index (χ0n) is 14.1. The number of aromatic amines is 1. The fourth-order valence-corrected chi connectivity index (χ4v) is 3.83. The van der Waals surface area contributed by atoms with Gasteiger partial charge in [-0.1, -0.05) is 64.5 Å². The quantitative estimate of drug-likeness (QED) is 0.399. The number of halogens is 1. The molecule has 25 heavy (non-hydrogen) atoms. The molecule has 0 saturated heterocycles. The molecule has 4 aromatic rings. The van der Waals surface area contributed by atoms with Crippen molar-refractivity contribution in [2.75, 3.05) is 6.54 Å². The van der Waals surface area contributed by atoms with E-state index in [0.717, 1.165) is 30.3 Å². The maximum absolute atomic E-state index is 5.71. The Morgan fingerprint density at radius 1 is 0.840 bits per heavy atom. The van der Waals surface area contributed by atoms with Gasteiger partial charge in [-0.15, -0.1) is 0 Å². The fraction of sp³-hybridized carbons (Fsp3) is 0.182. The van der Waals surface area contributed by atoms with Crippen molar-refractivity contribution in [3.63, 3.8) is 0 Å². The summed E-state index contributed by atoms with van der Waals surface area (Å²) in [6, 6.07) is 21.6. The molecular formula is C22H21BrN2. The topological polar surface area (TPSA) is 41.8 Å². The molecule has 0 bridgehead atoms. The molecule has 0 unspecified atom stereocenters. The van der Waals surface area contributed by atoms with Crippen molar-refractivity contribution in [1.82, 2.24) is 4.98 Å². The molecule has 3 aromatic carbocycles. The van der Waals surface area contributed by atoms with Crippen LogP contribution in [0.2, 0.25) is 0 Å². The average molecular weight is 393 g/mol. The summed E-state index contributed by atoms with van der Waals surface area (Å²) in [6.07, 6.45) is 3.21. The zero-order valence-corrected chi connectivity index (χ0v) is 15.6. The second-order valence-electron chi connectivity index (χ2n) is 6.44. The van der Waals surface area contributed by atoms with Gasteiger partial charge in [0.1, 0.15) is 0 Å². The van der Waals surface area contributed by atoms with Crippen LogP contribution in [0.4, 0.5) is 0 Å². The summed E-state index contributed by atoms with van der Waals surface area (Å²) >= 11 is 3.53. The summed E-state index contributed by atoms with van der Waals surface area (Å²) in [5, 5.41) is 3.88. The predicted octanol–water partition coefficient (Wildman–Crippen LogP) is 6.03. The zero-order chi connectivity index (χ0) is 17.2. The SMILES string of the molecule is NCCCCc1c(-c2ccc(Br)cc2)[nH]c2c1ccc1ccccc12. The number of hydrogen-bond donors (Lipinski definition) is 2. The van der Waals surface area contributed by atoms with Gasteiger partial charge in [0.15, 0.2) is 0 Å². The van der Waals surface area contributed by atoms with Crippen LogP contribution in [0.1, 0.15) is 18.4 Å². The third-order valence-electron chi connectivity index (χ3n) is 4.82. The maximum atomic E-state index is 5.71. The number of nitrogens with one attached hydrogen (secondary N) is 1. The number of rotatable bonds is 5. The largest absolute Gasteiger partial charge is 0.354 e. The first kappa shape index (κ1) is 16.4. The lowest BCUT2D eigenvalue weighted by atomic mass is 9.99. The summed E-state index contributed by atoms with van der Waals surface area (Å²) in [4.78, 5) is 3.72. The molecule has 4 rings (SSSR count). The molecule has 2 nitrogen and oxygen atoms in total. The van der Waals surface area contributed by atoms with Gasteiger partial charge in [0.25, 0.3) is 0 Å². The van der Waals surface area contributed by atoms with Crippen LogP contribution in [0, 0.1) is 0 Å². The molecule has 0 aliphatic carbocycles. The Hall–Kier alpha value is -2.10. The van der Waals surface area contributed by atoms with Gasteiger partial charge in [0.05, 0.1) is 5.52 Å². The van der Waals surface area contributed by atoms with Crippen LogP contribution in [0.25, 0.3) is 32.9 Å². The number of benzene rings is 3.